The molecule has 2 nitrogen and oxygen atoms in total. The Kier molecular flexibility index (Phi) is 7.08. The van der Waals surface area contributed by atoms with Crippen molar-refractivity contribution in [3.05, 3.63) is 190 Å². The largest absolute Gasteiger partial charge is 0.333 e. The maximum Gasteiger partial charge on any atom is 0.0653 e. The first-order valence-electron chi connectivity index (χ1n) is 18.3. The standard InChI is InChI=1S/C48H40N2/c1-3-13-37(14-4-1)49(46-20-11-21-47-48(46)43-18-9-10-19-45(43)50(47)38-15-5-2-6-16-38)39-28-24-33(25-29-39)36-23-22-35-27-30-41-40-17-8-7-12-34(40)26-31-42(41)44(35)32-36/h1-3,5-6,9-13,15-20,22-32,35,44,47H,4,7-8,14,21H2. The molecule has 6 aliphatic rings. The molecule has 0 saturated heterocycles. The number of anilines is 3. The van der Waals surface area contributed by atoms with Crippen LogP contribution in [0.2, 0.25) is 0 Å². The number of hydrogen-bond acceptors (Lipinski definition) is 2. The SMILES string of the molecule is C1=CCCC(N(C2=C3c4ccccc4N(c4ccccc4)C3CC=C2)c2ccc(C3=CC4c5ccc6c(c5C=CC4C=C3)=CCCC=6)cc2)=C1. The zero-order valence-corrected chi connectivity index (χ0v) is 28.3. The van der Waals surface area contributed by atoms with Crippen LogP contribution in [0.5, 0.6) is 0 Å². The molecule has 3 unspecified atom stereocenters. The third-order valence-corrected chi connectivity index (χ3v) is 11.4. The van der Waals surface area contributed by atoms with Crippen LogP contribution in [0.15, 0.2) is 157 Å². The molecule has 0 saturated carbocycles. The highest BCUT2D eigenvalue weighted by molar-refractivity contribution is 5.96. The van der Waals surface area contributed by atoms with Crippen LogP contribution < -0.4 is 20.2 Å². The molecular formula is C48H40N2. The topological polar surface area (TPSA) is 6.48 Å². The first-order valence-corrected chi connectivity index (χ1v) is 18.3. The lowest BCUT2D eigenvalue weighted by molar-refractivity contribution is 0.693. The summed E-state index contributed by atoms with van der Waals surface area (Å²) in [4.78, 5) is 5.08. The Morgan fingerprint density at radius 3 is 2.44 bits per heavy atom. The molecule has 2 heteroatoms. The summed E-state index contributed by atoms with van der Waals surface area (Å²) in [5, 5.41) is 2.82. The first-order chi connectivity index (χ1) is 24.8. The number of para-hydroxylation sites is 2. The molecule has 5 aliphatic carbocycles. The van der Waals surface area contributed by atoms with E-state index in [1.807, 2.05) is 0 Å². The van der Waals surface area contributed by atoms with E-state index in [2.05, 4.69) is 174 Å². The van der Waals surface area contributed by atoms with Crippen molar-refractivity contribution in [1.82, 2.24) is 0 Å². The smallest absolute Gasteiger partial charge is 0.0653 e. The zero-order chi connectivity index (χ0) is 33.0. The molecule has 0 amide bonds. The second-order valence-corrected chi connectivity index (χ2v) is 14.2. The summed E-state index contributed by atoms with van der Waals surface area (Å²) in [6, 6.07) is 34.2. The van der Waals surface area contributed by atoms with E-state index in [0.29, 0.717) is 11.8 Å². The van der Waals surface area contributed by atoms with Crippen LogP contribution in [-0.2, 0) is 0 Å². The van der Waals surface area contributed by atoms with Gasteiger partial charge in [0.15, 0.2) is 0 Å². The lowest BCUT2D eigenvalue weighted by Gasteiger charge is -2.35. The average Bonchev–Trinajstić information content (AvgIpc) is 3.54. The Hall–Kier alpha value is -5.60. The van der Waals surface area contributed by atoms with E-state index in [-0.39, 0.29) is 6.04 Å². The highest BCUT2D eigenvalue weighted by Crippen LogP contribution is 2.50. The van der Waals surface area contributed by atoms with Crippen molar-refractivity contribution in [3.63, 3.8) is 0 Å². The van der Waals surface area contributed by atoms with Crippen LogP contribution >= 0.6 is 0 Å². The highest BCUT2D eigenvalue weighted by Gasteiger charge is 2.39. The van der Waals surface area contributed by atoms with E-state index < -0.39 is 0 Å². The summed E-state index contributed by atoms with van der Waals surface area (Å²) in [5.74, 6) is 0.763. The number of rotatable bonds is 5. The van der Waals surface area contributed by atoms with Gasteiger partial charge in [-0.1, -0.05) is 121 Å². The molecule has 0 radical (unpaired) electrons. The molecule has 0 spiro atoms. The molecule has 4 aromatic rings. The second kappa shape index (κ2) is 12.1. The molecule has 0 fully saturated rings. The van der Waals surface area contributed by atoms with Gasteiger partial charge in [0, 0.05) is 45.7 Å². The van der Waals surface area contributed by atoms with Gasteiger partial charge in [0.05, 0.1) is 11.7 Å². The van der Waals surface area contributed by atoms with Gasteiger partial charge in [-0.3, -0.25) is 0 Å². The number of fused-ring (bicyclic) bond motifs is 8. The van der Waals surface area contributed by atoms with Crippen LogP contribution in [-0.4, -0.2) is 6.04 Å². The Morgan fingerprint density at radius 2 is 1.56 bits per heavy atom. The monoisotopic (exact) mass is 644 g/mol. The molecular weight excluding hydrogens is 605 g/mol. The van der Waals surface area contributed by atoms with Gasteiger partial charge in [-0.2, -0.15) is 0 Å². The summed E-state index contributed by atoms with van der Waals surface area (Å²) in [6.45, 7) is 0. The average molecular weight is 645 g/mol. The van der Waals surface area contributed by atoms with Crippen LogP contribution in [0, 0.1) is 5.92 Å². The van der Waals surface area contributed by atoms with Crippen LogP contribution in [0.3, 0.4) is 0 Å². The van der Waals surface area contributed by atoms with Crippen molar-refractivity contribution < 1.29 is 0 Å². The Morgan fingerprint density at radius 1 is 0.720 bits per heavy atom. The Bertz CT molecular complexity index is 2360. The van der Waals surface area contributed by atoms with Gasteiger partial charge < -0.3 is 9.80 Å². The van der Waals surface area contributed by atoms with E-state index in [1.165, 1.54) is 72.3 Å². The van der Waals surface area contributed by atoms with E-state index in [4.69, 9.17) is 0 Å². The van der Waals surface area contributed by atoms with E-state index >= 15 is 0 Å². The van der Waals surface area contributed by atoms with Crippen molar-refractivity contribution in [2.75, 3.05) is 9.80 Å². The maximum absolute atomic E-state index is 2.55. The fourth-order valence-electron chi connectivity index (χ4n) is 9.05. The van der Waals surface area contributed by atoms with E-state index in [9.17, 15) is 0 Å². The maximum atomic E-state index is 2.55. The molecule has 50 heavy (non-hydrogen) atoms. The van der Waals surface area contributed by atoms with Gasteiger partial charge in [0.2, 0.25) is 0 Å². The minimum atomic E-state index is 0.246. The third-order valence-electron chi connectivity index (χ3n) is 11.4. The van der Waals surface area contributed by atoms with Crippen LogP contribution in [0.4, 0.5) is 17.1 Å². The molecule has 1 aliphatic heterocycles. The fraction of sp³-hybridized carbons (Fsp3) is 0.167. The fourth-order valence-corrected chi connectivity index (χ4v) is 9.05. The molecule has 1 heterocycles. The predicted molar refractivity (Wildman–Crippen MR) is 211 cm³/mol. The first kappa shape index (κ1) is 29.3. The Balaban J connectivity index is 1.05. The lowest BCUT2D eigenvalue weighted by Crippen LogP contribution is -2.32. The van der Waals surface area contributed by atoms with Crippen molar-refractivity contribution in [2.24, 2.45) is 5.92 Å². The molecule has 242 valence electrons. The summed E-state index contributed by atoms with van der Waals surface area (Å²) in [7, 11) is 0. The molecule has 0 aromatic heterocycles. The quantitative estimate of drug-likeness (QED) is 0.213. The van der Waals surface area contributed by atoms with Crippen molar-refractivity contribution in [1.29, 1.82) is 0 Å². The summed E-state index contributed by atoms with van der Waals surface area (Å²) in [5.41, 5.74) is 14.6. The molecule has 10 rings (SSSR count). The minimum absolute atomic E-state index is 0.246. The van der Waals surface area contributed by atoms with Gasteiger partial charge in [-0.15, -0.1) is 0 Å². The van der Waals surface area contributed by atoms with Gasteiger partial charge in [0.25, 0.3) is 0 Å². The zero-order valence-electron chi connectivity index (χ0n) is 28.3. The Labute approximate surface area is 295 Å². The van der Waals surface area contributed by atoms with Crippen molar-refractivity contribution in [2.45, 2.75) is 44.1 Å². The normalized spacial score (nSPS) is 22.3. The number of benzene rings is 4. The summed E-state index contributed by atoms with van der Waals surface area (Å²) >= 11 is 0. The number of hydrogen-bond donors (Lipinski definition) is 0. The van der Waals surface area contributed by atoms with Crippen LogP contribution in [0.1, 0.15) is 60.3 Å². The predicted octanol–water partition coefficient (Wildman–Crippen LogP) is 10.4. The molecule has 0 bridgehead atoms. The third kappa shape index (κ3) is 4.77. The summed E-state index contributed by atoms with van der Waals surface area (Å²) < 4.78 is 0. The number of allylic oxidation sites excluding steroid dienone is 10. The second-order valence-electron chi connectivity index (χ2n) is 14.2. The summed E-state index contributed by atoms with van der Waals surface area (Å²) in [6.07, 6.45) is 33.8. The van der Waals surface area contributed by atoms with E-state index in [1.54, 1.807) is 0 Å². The minimum Gasteiger partial charge on any atom is -0.333 e. The number of nitrogens with zero attached hydrogens (tertiary/aromatic N) is 2. The lowest BCUT2D eigenvalue weighted by atomic mass is 9.74. The highest BCUT2D eigenvalue weighted by atomic mass is 15.2. The van der Waals surface area contributed by atoms with Gasteiger partial charge in [-0.25, -0.2) is 0 Å². The van der Waals surface area contributed by atoms with Gasteiger partial charge >= 0.3 is 0 Å². The molecule has 4 aromatic carbocycles. The molecule has 0 N–H and O–H groups in total. The van der Waals surface area contributed by atoms with E-state index in [0.717, 1.165) is 32.1 Å². The van der Waals surface area contributed by atoms with Crippen molar-refractivity contribution >= 4 is 46.4 Å². The van der Waals surface area contributed by atoms with Crippen molar-refractivity contribution in [3.8, 4) is 0 Å². The molecule has 3 atom stereocenters. The van der Waals surface area contributed by atoms with Gasteiger partial charge in [0.1, 0.15) is 0 Å². The van der Waals surface area contributed by atoms with Gasteiger partial charge in [-0.05, 0) is 107 Å². The van der Waals surface area contributed by atoms with Crippen LogP contribution in [0.25, 0.3) is 29.4 Å².